The molecule has 0 saturated heterocycles. The molecule has 0 bridgehead atoms. The van der Waals surface area contributed by atoms with Crippen molar-refractivity contribution in [2.75, 3.05) is 6.61 Å². The normalized spacial score (nSPS) is 20.6. The summed E-state index contributed by atoms with van der Waals surface area (Å²) in [5, 5.41) is 11.0. The third kappa shape index (κ3) is 1.90. The van der Waals surface area contributed by atoms with Crippen LogP contribution in [0.2, 0.25) is 0 Å². The standard InChI is InChI=1S/C11H9ClN2O4/c1-2-18-10(15)7-3-4-8-9(5-7)14(17,6-13-8)11(12)16/h3-6H,2H2,1H3. The van der Waals surface area contributed by atoms with Crippen molar-refractivity contribution in [1.82, 2.24) is 4.65 Å². The molecule has 0 aliphatic carbocycles. The SMILES string of the molecule is CCOC(=O)c1ccc2c(c1)[N+]([O-])(C(=O)Cl)C=N2. The van der Waals surface area contributed by atoms with Gasteiger partial charge in [-0.2, -0.15) is 4.99 Å². The van der Waals surface area contributed by atoms with E-state index in [1.807, 2.05) is 0 Å². The van der Waals surface area contributed by atoms with Gasteiger partial charge in [-0.3, -0.25) is 0 Å². The molecule has 0 radical (unpaired) electrons. The third-order valence-corrected chi connectivity index (χ3v) is 2.72. The van der Waals surface area contributed by atoms with E-state index in [1.54, 1.807) is 6.92 Å². The van der Waals surface area contributed by atoms with Crippen molar-refractivity contribution in [3.8, 4) is 0 Å². The first-order valence-electron chi connectivity index (χ1n) is 5.15. The molecule has 0 N–H and O–H groups in total. The highest BCUT2D eigenvalue weighted by Crippen LogP contribution is 2.39. The first-order chi connectivity index (χ1) is 8.49. The number of quaternary nitrogens is 1. The van der Waals surface area contributed by atoms with Crippen molar-refractivity contribution < 1.29 is 14.3 Å². The average molecular weight is 269 g/mol. The molecule has 1 aliphatic rings. The van der Waals surface area contributed by atoms with E-state index >= 15 is 0 Å². The number of rotatable bonds is 2. The van der Waals surface area contributed by atoms with Crippen LogP contribution in [0.15, 0.2) is 23.2 Å². The van der Waals surface area contributed by atoms with Gasteiger partial charge in [-0.1, -0.05) is 0 Å². The van der Waals surface area contributed by atoms with Gasteiger partial charge in [-0.25, -0.2) is 14.2 Å². The lowest BCUT2D eigenvalue weighted by molar-refractivity contribution is 0.0526. The number of halogens is 1. The van der Waals surface area contributed by atoms with E-state index in [0.717, 1.165) is 6.34 Å². The van der Waals surface area contributed by atoms with Crippen molar-refractivity contribution in [3.05, 3.63) is 29.0 Å². The maximum atomic E-state index is 12.1. The molecule has 94 valence electrons. The van der Waals surface area contributed by atoms with Gasteiger partial charge in [0, 0.05) is 17.7 Å². The molecule has 1 aromatic carbocycles. The maximum absolute atomic E-state index is 12.1. The fourth-order valence-electron chi connectivity index (χ4n) is 1.59. The maximum Gasteiger partial charge on any atom is 0.422 e. The fraction of sp³-hybridized carbons (Fsp3) is 0.182. The largest absolute Gasteiger partial charge is 0.612 e. The van der Waals surface area contributed by atoms with Crippen molar-refractivity contribution in [2.45, 2.75) is 6.92 Å². The van der Waals surface area contributed by atoms with Gasteiger partial charge in [0.05, 0.1) is 12.2 Å². The van der Waals surface area contributed by atoms with Gasteiger partial charge >= 0.3 is 11.3 Å². The summed E-state index contributed by atoms with van der Waals surface area (Å²) in [6, 6.07) is 4.21. The lowest BCUT2D eigenvalue weighted by Gasteiger charge is -2.28. The van der Waals surface area contributed by atoms with Crippen LogP contribution < -0.4 is 4.65 Å². The summed E-state index contributed by atoms with van der Waals surface area (Å²) in [5.74, 6) is -0.569. The molecule has 1 aliphatic heterocycles. The van der Waals surface area contributed by atoms with E-state index in [1.165, 1.54) is 18.2 Å². The predicted octanol–water partition coefficient (Wildman–Crippen LogP) is 2.70. The Bertz CT molecular complexity index is 558. The number of carbonyl (C=O) groups excluding carboxylic acids is 2. The first-order valence-corrected chi connectivity index (χ1v) is 5.53. The molecule has 18 heavy (non-hydrogen) atoms. The van der Waals surface area contributed by atoms with Crippen LogP contribution in [0.3, 0.4) is 0 Å². The predicted molar refractivity (Wildman–Crippen MR) is 67.0 cm³/mol. The zero-order chi connectivity index (χ0) is 13.3. The minimum Gasteiger partial charge on any atom is -0.612 e. The third-order valence-electron chi connectivity index (χ3n) is 2.47. The molecule has 6 nitrogen and oxygen atoms in total. The Balaban J connectivity index is 2.45. The summed E-state index contributed by atoms with van der Waals surface area (Å²) >= 11 is 5.26. The van der Waals surface area contributed by atoms with Gasteiger partial charge in [0.1, 0.15) is 5.69 Å². The van der Waals surface area contributed by atoms with Crippen LogP contribution in [0.1, 0.15) is 17.3 Å². The van der Waals surface area contributed by atoms with E-state index in [-0.39, 0.29) is 17.9 Å². The van der Waals surface area contributed by atoms with Crippen molar-refractivity contribution in [1.29, 1.82) is 0 Å². The highest BCUT2D eigenvalue weighted by atomic mass is 35.5. The van der Waals surface area contributed by atoms with Crippen LogP contribution in [0.5, 0.6) is 0 Å². The molecule has 1 amide bonds. The molecule has 0 spiro atoms. The Morgan fingerprint density at radius 2 is 2.22 bits per heavy atom. The Morgan fingerprint density at radius 1 is 1.50 bits per heavy atom. The van der Waals surface area contributed by atoms with Gasteiger partial charge in [-0.15, -0.1) is 0 Å². The van der Waals surface area contributed by atoms with Gasteiger partial charge in [0.2, 0.25) is 6.34 Å². The number of hydrogen-bond acceptors (Lipinski definition) is 5. The molecule has 7 heteroatoms. The number of fused-ring (bicyclic) bond motifs is 1. The Hall–Kier alpha value is -1.76. The molecular formula is C11H9ClN2O4. The smallest absolute Gasteiger partial charge is 0.422 e. The van der Waals surface area contributed by atoms with Crippen LogP contribution in [0.25, 0.3) is 0 Å². The van der Waals surface area contributed by atoms with Crippen molar-refractivity contribution in [2.24, 2.45) is 4.99 Å². The number of hydroxylamine groups is 2. The molecule has 1 atom stereocenters. The van der Waals surface area contributed by atoms with Crippen LogP contribution in [0.4, 0.5) is 16.2 Å². The van der Waals surface area contributed by atoms with Crippen LogP contribution >= 0.6 is 11.6 Å². The lowest BCUT2D eigenvalue weighted by atomic mass is 10.1. The zero-order valence-corrected chi connectivity index (χ0v) is 10.2. The van der Waals surface area contributed by atoms with Gasteiger partial charge < -0.3 is 9.94 Å². The molecule has 0 fully saturated rings. The Kier molecular flexibility index (Phi) is 3.16. The average Bonchev–Trinajstić information content (AvgIpc) is 2.68. The zero-order valence-electron chi connectivity index (χ0n) is 9.42. The second-order valence-electron chi connectivity index (χ2n) is 3.58. The molecule has 1 unspecified atom stereocenters. The summed E-state index contributed by atoms with van der Waals surface area (Å²) in [6.45, 7) is 1.89. The highest BCUT2D eigenvalue weighted by molar-refractivity contribution is 6.66. The van der Waals surface area contributed by atoms with Gasteiger partial charge in [0.15, 0.2) is 5.69 Å². The molecule has 0 aromatic heterocycles. The van der Waals surface area contributed by atoms with Crippen LogP contribution in [-0.2, 0) is 4.74 Å². The topological polar surface area (TPSA) is 78.8 Å². The number of carbonyl (C=O) groups is 2. The van der Waals surface area contributed by atoms with Gasteiger partial charge in [-0.05, 0) is 19.1 Å². The fourth-order valence-corrected chi connectivity index (χ4v) is 1.72. The Labute approximate surface area is 108 Å². The monoisotopic (exact) mass is 268 g/mol. The molecule has 2 rings (SSSR count). The second-order valence-corrected chi connectivity index (χ2v) is 3.90. The van der Waals surface area contributed by atoms with E-state index < -0.39 is 16.0 Å². The molecule has 0 saturated carbocycles. The summed E-state index contributed by atoms with van der Waals surface area (Å²) in [4.78, 5) is 26.5. The number of nitrogens with zero attached hydrogens (tertiary/aromatic N) is 2. The quantitative estimate of drug-likeness (QED) is 0.272. The first kappa shape index (κ1) is 12.7. The van der Waals surface area contributed by atoms with E-state index in [4.69, 9.17) is 16.3 Å². The summed E-state index contributed by atoms with van der Waals surface area (Å²) < 4.78 is 3.30. The lowest BCUT2D eigenvalue weighted by Crippen LogP contribution is -2.42. The molecule has 1 aromatic rings. The van der Waals surface area contributed by atoms with Crippen LogP contribution in [0, 0.1) is 5.21 Å². The number of benzene rings is 1. The number of ether oxygens (including phenoxy) is 1. The number of aliphatic imine (C=N–C) groups is 1. The Morgan fingerprint density at radius 3 is 2.83 bits per heavy atom. The highest BCUT2D eigenvalue weighted by Gasteiger charge is 2.35. The molecule has 1 heterocycles. The number of esters is 1. The van der Waals surface area contributed by atoms with Crippen molar-refractivity contribution >= 4 is 40.6 Å². The number of hydrogen-bond donors (Lipinski definition) is 0. The molecular weight excluding hydrogens is 260 g/mol. The summed E-state index contributed by atoms with van der Waals surface area (Å²) in [7, 11) is 0. The summed E-state index contributed by atoms with van der Waals surface area (Å²) in [6.07, 6.45) is 0.884. The van der Waals surface area contributed by atoms with Crippen LogP contribution in [-0.4, -0.2) is 24.3 Å². The minimum atomic E-state index is -1.51. The second kappa shape index (κ2) is 4.49. The van der Waals surface area contributed by atoms with E-state index in [9.17, 15) is 14.8 Å². The van der Waals surface area contributed by atoms with Gasteiger partial charge in [0.25, 0.3) is 0 Å². The van der Waals surface area contributed by atoms with E-state index in [2.05, 4.69) is 4.99 Å². The summed E-state index contributed by atoms with van der Waals surface area (Å²) in [5.41, 5.74) is 0.505. The van der Waals surface area contributed by atoms with Crippen molar-refractivity contribution in [3.63, 3.8) is 0 Å². The minimum absolute atomic E-state index is 0.0144. The van der Waals surface area contributed by atoms with E-state index in [0.29, 0.717) is 5.69 Å². The number of amides is 1.